The summed E-state index contributed by atoms with van der Waals surface area (Å²) in [7, 11) is 0. The highest BCUT2D eigenvalue weighted by Crippen LogP contribution is 2.41. The lowest BCUT2D eigenvalue weighted by Crippen LogP contribution is -2.44. The van der Waals surface area contributed by atoms with E-state index in [1.807, 2.05) is 17.0 Å². The average molecular weight is 343 g/mol. The first kappa shape index (κ1) is 17.0. The molecule has 1 aromatic rings. The van der Waals surface area contributed by atoms with Gasteiger partial charge in [-0.1, -0.05) is 0 Å². The first-order valence-corrected chi connectivity index (χ1v) is 9.74. The van der Waals surface area contributed by atoms with Gasteiger partial charge >= 0.3 is 0 Å². The molecule has 136 valence electrons. The van der Waals surface area contributed by atoms with Gasteiger partial charge in [0.25, 0.3) is 5.91 Å². The van der Waals surface area contributed by atoms with Gasteiger partial charge in [-0.25, -0.2) is 0 Å². The van der Waals surface area contributed by atoms with Crippen molar-refractivity contribution in [1.82, 2.24) is 14.8 Å². The lowest BCUT2D eigenvalue weighted by atomic mass is 9.77. The van der Waals surface area contributed by atoms with Crippen LogP contribution in [-0.4, -0.2) is 66.6 Å². The molecule has 0 radical (unpaired) electrons. The predicted octanol–water partition coefficient (Wildman–Crippen LogP) is 2.44. The number of carbonyl (C=O) groups excluding carboxylic acids is 1. The van der Waals surface area contributed by atoms with E-state index < -0.39 is 0 Å². The van der Waals surface area contributed by atoms with Crippen LogP contribution in [-0.2, 0) is 4.74 Å². The quantitative estimate of drug-likeness (QED) is 0.846. The Balaban J connectivity index is 1.29. The summed E-state index contributed by atoms with van der Waals surface area (Å²) in [5.74, 6) is 0.963. The maximum atomic E-state index is 12.7. The molecule has 1 spiro atoms. The van der Waals surface area contributed by atoms with E-state index in [4.69, 9.17) is 4.74 Å². The molecule has 0 aliphatic carbocycles. The van der Waals surface area contributed by atoms with Crippen LogP contribution >= 0.6 is 0 Å². The number of hydrogen-bond acceptors (Lipinski definition) is 4. The van der Waals surface area contributed by atoms with E-state index >= 15 is 0 Å². The number of amides is 1. The number of piperidine rings is 1. The average Bonchev–Trinajstić information content (AvgIpc) is 3.09. The molecule has 0 N–H and O–H groups in total. The van der Waals surface area contributed by atoms with E-state index in [1.54, 1.807) is 12.4 Å². The number of aromatic nitrogens is 1. The van der Waals surface area contributed by atoms with Crippen molar-refractivity contribution in [3.8, 4) is 0 Å². The van der Waals surface area contributed by atoms with Crippen LogP contribution in [0.2, 0.25) is 0 Å². The summed E-state index contributed by atoms with van der Waals surface area (Å²) in [5, 5.41) is 0. The number of rotatable bonds is 3. The Morgan fingerprint density at radius 2 is 1.96 bits per heavy atom. The fraction of sp³-hybridized carbons (Fsp3) is 0.700. The van der Waals surface area contributed by atoms with Crippen molar-refractivity contribution in [3.05, 3.63) is 30.1 Å². The topological polar surface area (TPSA) is 45.7 Å². The van der Waals surface area contributed by atoms with Crippen LogP contribution in [0.4, 0.5) is 0 Å². The number of hydrogen-bond donors (Lipinski definition) is 0. The first-order chi connectivity index (χ1) is 12.2. The van der Waals surface area contributed by atoms with Crippen molar-refractivity contribution in [1.29, 1.82) is 0 Å². The predicted molar refractivity (Wildman–Crippen MR) is 96.4 cm³/mol. The van der Waals surface area contributed by atoms with Gasteiger partial charge < -0.3 is 14.5 Å². The molecule has 3 fully saturated rings. The van der Waals surface area contributed by atoms with Gasteiger partial charge in [-0.3, -0.25) is 9.78 Å². The Labute approximate surface area is 150 Å². The highest BCUT2D eigenvalue weighted by molar-refractivity contribution is 5.94. The van der Waals surface area contributed by atoms with Gasteiger partial charge in [0.2, 0.25) is 0 Å². The highest BCUT2D eigenvalue weighted by Gasteiger charge is 2.42. The minimum atomic E-state index is 0.148. The Morgan fingerprint density at radius 1 is 1.20 bits per heavy atom. The van der Waals surface area contributed by atoms with Crippen LogP contribution in [0, 0.1) is 11.3 Å². The molecule has 0 unspecified atom stereocenters. The number of ether oxygens (including phenoxy) is 1. The lowest BCUT2D eigenvalue weighted by molar-refractivity contribution is 0.0373. The summed E-state index contributed by atoms with van der Waals surface area (Å²) in [4.78, 5) is 21.4. The second-order valence-electron chi connectivity index (χ2n) is 8.07. The SMILES string of the molecule is O=C(c1cccnc1)N1CCC2(CCN(CC3CCOCC3)CC2)C1. The van der Waals surface area contributed by atoms with Gasteiger partial charge in [0.05, 0.1) is 5.56 Å². The molecule has 3 aliphatic rings. The van der Waals surface area contributed by atoms with Crippen LogP contribution in [0.3, 0.4) is 0 Å². The maximum Gasteiger partial charge on any atom is 0.255 e. The standard InChI is InChI=1S/C20H29N3O2/c24-19(18-2-1-8-21-14-18)23-11-7-20(16-23)5-9-22(10-6-20)15-17-3-12-25-13-4-17/h1-2,8,14,17H,3-7,9-13,15-16H2. The van der Waals surface area contributed by atoms with Crippen molar-refractivity contribution < 1.29 is 9.53 Å². The fourth-order valence-electron chi connectivity index (χ4n) is 4.69. The Kier molecular flexibility index (Phi) is 5.04. The molecular weight excluding hydrogens is 314 g/mol. The molecular formula is C20H29N3O2. The van der Waals surface area contributed by atoms with E-state index in [2.05, 4.69) is 9.88 Å². The second kappa shape index (κ2) is 7.42. The molecule has 0 aromatic carbocycles. The molecule has 0 saturated carbocycles. The summed E-state index contributed by atoms with van der Waals surface area (Å²) < 4.78 is 5.48. The number of pyridine rings is 1. The smallest absolute Gasteiger partial charge is 0.255 e. The van der Waals surface area contributed by atoms with Gasteiger partial charge in [-0.2, -0.15) is 0 Å². The van der Waals surface area contributed by atoms with Crippen molar-refractivity contribution in [3.63, 3.8) is 0 Å². The van der Waals surface area contributed by atoms with Crippen LogP contribution in [0.25, 0.3) is 0 Å². The van der Waals surface area contributed by atoms with Crippen molar-refractivity contribution >= 4 is 5.91 Å². The molecule has 0 atom stereocenters. The minimum Gasteiger partial charge on any atom is -0.381 e. The van der Waals surface area contributed by atoms with Gasteiger partial charge in [-0.15, -0.1) is 0 Å². The van der Waals surface area contributed by atoms with Crippen LogP contribution in [0.5, 0.6) is 0 Å². The third kappa shape index (κ3) is 3.87. The zero-order chi connectivity index (χ0) is 17.1. The van der Waals surface area contributed by atoms with E-state index in [0.29, 0.717) is 5.41 Å². The first-order valence-electron chi connectivity index (χ1n) is 9.74. The molecule has 4 heterocycles. The summed E-state index contributed by atoms with van der Waals surface area (Å²) in [6.07, 6.45) is 9.45. The molecule has 1 aromatic heterocycles. The largest absolute Gasteiger partial charge is 0.381 e. The third-order valence-electron chi connectivity index (χ3n) is 6.41. The molecule has 0 bridgehead atoms. The van der Waals surface area contributed by atoms with Crippen LogP contribution in [0.15, 0.2) is 24.5 Å². The molecule has 5 nitrogen and oxygen atoms in total. The number of carbonyl (C=O) groups is 1. The van der Waals surface area contributed by atoms with E-state index in [9.17, 15) is 4.79 Å². The van der Waals surface area contributed by atoms with E-state index in [1.165, 1.54) is 45.3 Å². The van der Waals surface area contributed by atoms with Crippen LogP contribution in [0.1, 0.15) is 42.5 Å². The molecule has 5 heteroatoms. The summed E-state index contributed by atoms with van der Waals surface area (Å²) in [6, 6.07) is 3.71. The minimum absolute atomic E-state index is 0.148. The number of likely N-dealkylation sites (tertiary alicyclic amines) is 2. The lowest BCUT2D eigenvalue weighted by Gasteiger charge is -2.40. The second-order valence-corrected chi connectivity index (χ2v) is 8.07. The molecule has 3 aliphatic heterocycles. The summed E-state index contributed by atoms with van der Waals surface area (Å²) in [5.41, 5.74) is 1.07. The normalized spacial score (nSPS) is 24.7. The monoisotopic (exact) mass is 343 g/mol. The fourth-order valence-corrected chi connectivity index (χ4v) is 4.69. The van der Waals surface area contributed by atoms with Crippen molar-refractivity contribution in [2.45, 2.75) is 32.1 Å². The Hall–Kier alpha value is -1.46. The zero-order valence-corrected chi connectivity index (χ0v) is 15.0. The van der Waals surface area contributed by atoms with Crippen molar-refractivity contribution in [2.75, 3.05) is 45.9 Å². The molecule has 1 amide bonds. The highest BCUT2D eigenvalue weighted by atomic mass is 16.5. The Morgan fingerprint density at radius 3 is 2.68 bits per heavy atom. The Bertz CT molecular complexity index is 578. The van der Waals surface area contributed by atoms with Gasteiger partial charge in [0.15, 0.2) is 0 Å². The van der Waals surface area contributed by atoms with E-state index in [0.717, 1.165) is 44.2 Å². The third-order valence-corrected chi connectivity index (χ3v) is 6.41. The zero-order valence-electron chi connectivity index (χ0n) is 15.0. The summed E-state index contributed by atoms with van der Waals surface area (Å²) in [6.45, 7) is 7.30. The van der Waals surface area contributed by atoms with Crippen molar-refractivity contribution in [2.24, 2.45) is 11.3 Å². The van der Waals surface area contributed by atoms with Gasteiger partial charge in [0.1, 0.15) is 0 Å². The maximum absolute atomic E-state index is 12.7. The van der Waals surface area contributed by atoms with Crippen LogP contribution < -0.4 is 0 Å². The van der Waals surface area contributed by atoms with Gasteiger partial charge in [-0.05, 0) is 68.7 Å². The molecule has 3 saturated heterocycles. The molecule has 4 rings (SSSR count). The van der Waals surface area contributed by atoms with E-state index in [-0.39, 0.29) is 5.91 Å². The number of nitrogens with zero attached hydrogens (tertiary/aromatic N) is 3. The summed E-state index contributed by atoms with van der Waals surface area (Å²) >= 11 is 0. The van der Waals surface area contributed by atoms with Gasteiger partial charge in [0, 0.05) is 45.2 Å². The molecule has 25 heavy (non-hydrogen) atoms.